The Labute approximate surface area is 169 Å². The number of ether oxygens (including phenoxy) is 3. The molecule has 0 bridgehead atoms. The van der Waals surface area contributed by atoms with Crippen molar-refractivity contribution in [3.63, 3.8) is 0 Å². The minimum atomic E-state index is -0.715. The second-order valence-corrected chi connectivity index (χ2v) is 6.45. The highest BCUT2D eigenvalue weighted by molar-refractivity contribution is 5.79. The number of benzene rings is 2. The van der Waals surface area contributed by atoms with Crippen LogP contribution in [0.4, 0.5) is 0 Å². The normalized spacial score (nSPS) is 11.8. The number of fused-ring (bicyclic) bond motifs is 1. The van der Waals surface area contributed by atoms with Crippen LogP contribution in [0.25, 0.3) is 11.0 Å². The van der Waals surface area contributed by atoms with Crippen LogP contribution in [0.5, 0.6) is 17.2 Å². The molecule has 152 valence electrons. The third kappa shape index (κ3) is 4.77. The van der Waals surface area contributed by atoms with Gasteiger partial charge in [-0.1, -0.05) is 26.0 Å². The summed E-state index contributed by atoms with van der Waals surface area (Å²) in [4.78, 5) is 24.7. The number of aryl methyl sites for hydroxylation is 1. The zero-order chi connectivity index (χ0) is 20.8. The molecular weight excluding hydrogens is 372 g/mol. The lowest BCUT2D eigenvalue weighted by atomic mass is 10.2. The van der Waals surface area contributed by atoms with Crippen LogP contribution < -0.4 is 14.9 Å². The summed E-state index contributed by atoms with van der Waals surface area (Å²) in [5.41, 5.74) is 1.25. The van der Waals surface area contributed by atoms with Gasteiger partial charge in [0.05, 0.1) is 12.0 Å². The molecule has 0 aliphatic heterocycles. The third-order valence-corrected chi connectivity index (χ3v) is 4.47. The van der Waals surface area contributed by atoms with Crippen molar-refractivity contribution in [1.82, 2.24) is 0 Å². The highest BCUT2D eigenvalue weighted by Gasteiger charge is 2.20. The summed E-state index contributed by atoms with van der Waals surface area (Å²) >= 11 is 0. The van der Waals surface area contributed by atoms with Crippen molar-refractivity contribution in [2.24, 2.45) is 0 Å². The summed E-state index contributed by atoms with van der Waals surface area (Å²) in [6.45, 7) is 5.93. The number of esters is 1. The van der Waals surface area contributed by atoms with Gasteiger partial charge in [0.2, 0.25) is 11.2 Å². The Morgan fingerprint density at radius 3 is 2.41 bits per heavy atom. The average Bonchev–Trinajstić information content (AvgIpc) is 2.74. The fourth-order valence-electron chi connectivity index (χ4n) is 2.85. The molecule has 0 radical (unpaired) electrons. The Morgan fingerprint density at radius 2 is 1.76 bits per heavy atom. The third-order valence-electron chi connectivity index (χ3n) is 4.47. The Kier molecular flexibility index (Phi) is 6.54. The number of hydrogen-bond acceptors (Lipinski definition) is 6. The van der Waals surface area contributed by atoms with E-state index in [0.717, 1.165) is 6.42 Å². The molecule has 6 nitrogen and oxygen atoms in total. The summed E-state index contributed by atoms with van der Waals surface area (Å²) in [6, 6.07) is 12.4. The first-order valence-corrected chi connectivity index (χ1v) is 9.71. The van der Waals surface area contributed by atoms with Gasteiger partial charge in [-0.15, -0.1) is 0 Å². The van der Waals surface area contributed by atoms with Crippen LogP contribution in [0, 0.1) is 0 Å². The van der Waals surface area contributed by atoms with E-state index in [1.165, 1.54) is 11.8 Å². The smallest absolute Gasteiger partial charge is 0.347 e. The van der Waals surface area contributed by atoms with E-state index >= 15 is 0 Å². The molecule has 29 heavy (non-hydrogen) atoms. The van der Waals surface area contributed by atoms with Crippen molar-refractivity contribution in [3.05, 3.63) is 64.5 Å². The van der Waals surface area contributed by atoms with Crippen LogP contribution in [-0.4, -0.2) is 18.7 Å². The van der Waals surface area contributed by atoms with Gasteiger partial charge in [-0.25, -0.2) is 4.79 Å². The zero-order valence-corrected chi connectivity index (χ0v) is 16.8. The SMILES string of the molecule is CCOC(=O)[C@@H](CC)Oc1ccc2c(=O)c(Oc3ccc(CC)cc3)coc2c1. The fraction of sp³-hybridized carbons (Fsp3) is 0.304. The van der Waals surface area contributed by atoms with E-state index in [1.54, 1.807) is 25.1 Å². The average molecular weight is 396 g/mol. The molecule has 6 heteroatoms. The van der Waals surface area contributed by atoms with Gasteiger partial charge >= 0.3 is 5.97 Å². The molecule has 0 spiro atoms. The first-order chi connectivity index (χ1) is 14.0. The van der Waals surface area contributed by atoms with Crippen LogP contribution in [-0.2, 0) is 16.0 Å². The topological polar surface area (TPSA) is 75.0 Å². The molecule has 0 amide bonds. The highest BCUT2D eigenvalue weighted by Crippen LogP contribution is 2.25. The fourth-order valence-corrected chi connectivity index (χ4v) is 2.85. The van der Waals surface area contributed by atoms with Crippen molar-refractivity contribution in [3.8, 4) is 17.2 Å². The maximum absolute atomic E-state index is 12.7. The standard InChI is InChI=1S/C23H24O6/c1-4-15-7-9-16(10-8-15)28-21-14-27-20-13-17(11-12-18(20)22(21)24)29-19(5-2)23(25)26-6-3/h7-14,19H,4-6H2,1-3H3/t19-/m1/s1. The van der Waals surface area contributed by atoms with Crippen molar-refractivity contribution in [1.29, 1.82) is 0 Å². The predicted molar refractivity (Wildman–Crippen MR) is 110 cm³/mol. The predicted octanol–water partition coefficient (Wildman–Crippen LogP) is 4.87. The van der Waals surface area contributed by atoms with Gasteiger partial charge < -0.3 is 18.6 Å². The minimum Gasteiger partial charge on any atom is -0.479 e. The van der Waals surface area contributed by atoms with E-state index in [9.17, 15) is 9.59 Å². The van der Waals surface area contributed by atoms with Crippen molar-refractivity contribution < 1.29 is 23.4 Å². The van der Waals surface area contributed by atoms with Gasteiger partial charge in [0.1, 0.15) is 23.3 Å². The molecule has 0 saturated carbocycles. The van der Waals surface area contributed by atoms with Crippen LogP contribution in [0.15, 0.2) is 57.9 Å². The van der Waals surface area contributed by atoms with Crippen molar-refractivity contribution in [2.45, 2.75) is 39.7 Å². The highest BCUT2D eigenvalue weighted by atomic mass is 16.6. The Hall–Kier alpha value is -3.28. The van der Waals surface area contributed by atoms with Crippen molar-refractivity contribution in [2.75, 3.05) is 6.61 Å². The van der Waals surface area contributed by atoms with Gasteiger partial charge in [0.15, 0.2) is 6.10 Å². The molecule has 1 heterocycles. The molecule has 2 aromatic carbocycles. The Bertz CT molecular complexity index is 1040. The first-order valence-electron chi connectivity index (χ1n) is 9.71. The van der Waals surface area contributed by atoms with Crippen LogP contribution in [0.2, 0.25) is 0 Å². The molecule has 0 fully saturated rings. The second kappa shape index (κ2) is 9.28. The molecule has 0 aliphatic carbocycles. The molecule has 0 saturated heterocycles. The lowest BCUT2D eigenvalue weighted by Gasteiger charge is -2.16. The van der Waals surface area contributed by atoms with E-state index in [1.807, 2.05) is 31.2 Å². The van der Waals surface area contributed by atoms with E-state index in [-0.39, 0.29) is 17.8 Å². The maximum Gasteiger partial charge on any atom is 0.347 e. The molecule has 0 aliphatic rings. The molecule has 0 unspecified atom stereocenters. The summed E-state index contributed by atoms with van der Waals surface area (Å²) in [7, 11) is 0. The largest absolute Gasteiger partial charge is 0.479 e. The number of hydrogen-bond donors (Lipinski definition) is 0. The Morgan fingerprint density at radius 1 is 1.03 bits per heavy atom. The minimum absolute atomic E-state index is 0.105. The van der Waals surface area contributed by atoms with E-state index in [2.05, 4.69) is 6.92 Å². The number of carbonyl (C=O) groups is 1. The molecule has 1 atom stereocenters. The van der Waals surface area contributed by atoms with Crippen LogP contribution in [0.1, 0.15) is 32.8 Å². The summed E-state index contributed by atoms with van der Waals surface area (Å²) in [6.07, 6.45) is 1.96. The summed E-state index contributed by atoms with van der Waals surface area (Å²) < 4.78 is 22.0. The summed E-state index contributed by atoms with van der Waals surface area (Å²) in [5, 5.41) is 0.365. The van der Waals surface area contributed by atoms with Gasteiger partial charge in [0, 0.05) is 6.07 Å². The molecule has 1 aromatic heterocycles. The molecule has 3 rings (SSSR count). The second-order valence-electron chi connectivity index (χ2n) is 6.45. The first kappa shape index (κ1) is 20.5. The number of rotatable bonds is 8. The van der Waals surface area contributed by atoms with Crippen LogP contribution in [0.3, 0.4) is 0 Å². The molecule has 3 aromatic rings. The van der Waals surface area contributed by atoms with Gasteiger partial charge in [-0.3, -0.25) is 4.79 Å². The quantitative estimate of drug-likeness (QED) is 0.506. The van der Waals surface area contributed by atoms with E-state index < -0.39 is 12.1 Å². The van der Waals surface area contributed by atoms with E-state index in [4.69, 9.17) is 18.6 Å². The zero-order valence-electron chi connectivity index (χ0n) is 16.8. The summed E-state index contributed by atoms with van der Waals surface area (Å²) in [5.74, 6) is 0.668. The maximum atomic E-state index is 12.7. The van der Waals surface area contributed by atoms with Gasteiger partial charge in [0.25, 0.3) is 0 Å². The van der Waals surface area contributed by atoms with E-state index in [0.29, 0.717) is 28.9 Å². The number of carbonyl (C=O) groups excluding carboxylic acids is 1. The lowest BCUT2D eigenvalue weighted by Crippen LogP contribution is -2.28. The molecule has 0 N–H and O–H groups in total. The van der Waals surface area contributed by atoms with Gasteiger partial charge in [-0.2, -0.15) is 0 Å². The molecular formula is C23H24O6. The monoisotopic (exact) mass is 396 g/mol. The Balaban J connectivity index is 1.83. The van der Waals surface area contributed by atoms with Crippen molar-refractivity contribution >= 4 is 16.9 Å². The lowest BCUT2D eigenvalue weighted by molar-refractivity contribution is -0.151. The van der Waals surface area contributed by atoms with Crippen LogP contribution >= 0.6 is 0 Å². The van der Waals surface area contributed by atoms with Gasteiger partial charge in [-0.05, 0) is 49.6 Å².